The molecule has 1 aromatic carbocycles. The number of rotatable bonds is 6. The highest BCUT2D eigenvalue weighted by atomic mass is 79.9. The van der Waals surface area contributed by atoms with Crippen LogP contribution in [0, 0.1) is 0 Å². The molecule has 0 bridgehead atoms. The number of carbonyl (C=O) groups excluding carboxylic acids is 1. The van der Waals surface area contributed by atoms with Crippen LogP contribution in [0.3, 0.4) is 0 Å². The number of ether oxygens (including phenoxy) is 1. The van der Waals surface area contributed by atoms with Crippen LogP contribution in [0.15, 0.2) is 27.6 Å². The lowest BCUT2D eigenvalue weighted by atomic mass is 10.2. The van der Waals surface area contributed by atoms with Gasteiger partial charge in [0.25, 0.3) is 0 Å². The second-order valence-corrected chi connectivity index (χ2v) is 6.97. The Bertz CT molecular complexity index is 658. The van der Waals surface area contributed by atoms with E-state index in [0.29, 0.717) is 0 Å². The molecular formula is C12H14BrNO6S. The normalized spacial score (nSPS) is 11.4. The molecule has 0 aromatic heterocycles. The van der Waals surface area contributed by atoms with Gasteiger partial charge in [0.2, 0.25) is 10.0 Å². The molecule has 116 valence electrons. The molecule has 0 saturated carbocycles. The highest BCUT2D eigenvalue weighted by Crippen LogP contribution is 2.26. The fraction of sp³-hybridized carbons (Fsp3) is 0.333. The van der Waals surface area contributed by atoms with Gasteiger partial charge in [0.1, 0.15) is 0 Å². The van der Waals surface area contributed by atoms with E-state index in [1.807, 2.05) is 0 Å². The number of methoxy groups -OCH3 is 1. The van der Waals surface area contributed by atoms with Gasteiger partial charge in [0.05, 0.1) is 24.0 Å². The molecule has 1 aromatic rings. The molecule has 0 aliphatic heterocycles. The highest BCUT2D eigenvalue weighted by molar-refractivity contribution is 9.10. The van der Waals surface area contributed by atoms with Crippen molar-refractivity contribution in [1.29, 1.82) is 0 Å². The van der Waals surface area contributed by atoms with Gasteiger partial charge < -0.3 is 9.84 Å². The third kappa shape index (κ3) is 4.26. The van der Waals surface area contributed by atoms with Crippen LogP contribution >= 0.6 is 15.9 Å². The molecule has 0 saturated heterocycles. The summed E-state index contributed by atoms with van der Waals surface area (Å²) in [5.41, 5.74) is 0.205. The van der Waals surface area contributed by atoms with Gasteiger partial charge in [0, 0.05) is 18.1 Å². The number of aliphatic carboxylic acids is 1. The number of halogens is 1. The number of carboxylic acid groups (broad SMARTS) is 1. The zero-order chi connectivity index (χ0) is 16.2. The molecular weight excluding hydrogens is 366 g/mol. The Balaban J connectivity index is 3.09. The van der Waals surface area contributed by atoms with E-state index < -0.39 is 22.0 Å². The monoisotopic (exact) mass is 379 g/mol. The molecule has 1 rings (SSSR count). The number of carbonyl (C=O) groups is 2. The summed E-state index contributed by atoms with van der Waals surface area (Å²) in [6, 6.07) is 3.93. The van der Waals surface area contributed by atoms with Gasteiger partial charge >= 0.3 is 11.9 Å². The lowest BCUT2D eigenvalue weighted by molar-refractivity contribution is -0.137. The van der Waals surface area contributed by atoms with Crippen molar-refractivity contribution in [3.8, 4) is 0 Å². The summed E-state index contributed by atoms with van der Waals surface area (Å²) in [4.78, 5) is 21.8. The van der Waals surface area contributed by atoms with Gasteiger partial charge in [-0.15, -0.1) is 0 Å². The molecule has 0 spiro atoms. The van der Waals surface area contributed by atoms with E-state index in [1.54, 1.807) is 0 Å². The topological polar surface area (TPSA) is 101 Å². The fourth-order valence-electron chi connectivity index (χ4n) is 1.50. The van der Waals surface area contributed by atoms with Crippen LogP contribution in [0.1, 0.15) is 16.8 Å². The Morgan fingerprint density at radius 3 is 2.48 bits per heavy atom. The highest BCUT2D eigenvalue weighted by Gasteiger charge is 2.24. The molecule has 0 aliphatic carbocycles. The van der Waals surface area contributed by atoms with Crippen molar-refractivity contribution in [2.24, 2.45) is 0 Å². The van der Waals surface area contributed by atoms with Crippen LogP contribution in [0.4, 0.5) is 0 Å². The van der Waals surface area contributed by atoms with E-state index in [9.17, 15) is 18.0 Å². The Hall–Kier alpha value is -1.45. The molecule has 9 heteroatoms. The van der Waals surface area contributed by atoms with Gasteiger partial charge in [-0.2, -0.15) is 0 Å². The van der Waals surface area contributed by atoms with Crippen LogP contribution in [0.2, 0.25) is 0 Å². The summed E-state index contributed by atoms with van der Waals surface area (Å²) >= 11 is 3.10. The minimum Gasteiger partial charge on any atom is -0.481 e. The average Bonchev–Trinajstić information content (AvgIpc) is 2.43. The number of nitrogens with zero attached hydrogens (tertiary/aromatic N) is 1. The summed E-state index contributed by atoms with van der Waals surface area (Å²) in [6.07, 6.45) is -0.298. The van der Waals surface area contributed by atoms with Crippen LogP contribution in [0.25, 0.3) is 0 Å². The van der Waals surface area contributed by atoms with E-state index in [-0.39, 0.29) is 27.9 Å². The van der Waals surface area contributed by atoms with Crippen molar-refractivity contribution in [2.45, 2.75) is 11.3 Å². The molecule has 7 nitrogen and oxygen atoms in total. The Morgan fingerprint density at radius 1 is 1.38 bits per heavy atom. The van der Waals surface area contributed by atoms with Crippen molar-refractivity contribution in [3.05, 3.63) is 28.2 Å². The minimum absolute atomic E-state index is 0.0527. The predicted octanol–water partition coefficient (Wildman–Crippen LogP) is 1.33. The summed E-state index contributed by atoms with van der Waals surface area (Å²) in [7, 11) is -1.33. The van der Waals surface area contributed by atoms with Crippen LogP contribution in [0.5, 0.6) is 0 Å². The molecule has 0 amide bonds. The number of hydrogen-bond donors (Lipinski definition) is 1. The Kier molecular flexibility index (Phi) is 5.87. The summed E-state index contributed by atoms with van der Waals surface area (Å²) < 4.78 is 30.3. The maximum Gasteiger partial charge on any atom is 0.337 e. The maximum absolute atomic E-state index is 12.3. The van der Waals surface area contributed by atoms with Crippen molar-refractivity contribution in [1.82, 2.24) is 4.31 Å². The van der Waals surface area contributed by atoms with E-state index in [1.165, 1.54) is 32.4 Å². The van der Waals surface area contributed by atoms with Gasteiger partial charge in [-0.1, -0.05) is 0 Å². The molecule has 0 aliphatic rings. The zero-order valence-electron chi connectivity index (χ0n) is 11.4. The maximum atomic E-state index is 12.3. The largest absolute Gasteiger partial charge is 0.481 e. The van der Waals surface area contributed by atoms with Gasteiger partial charge in [0.15, 0.2) is 0 Å². The first-order valence-corrected chi connectivity index (χ1v) is 7.99. The number of sulfonamides is 1. The molecule has 0 unspecified atom stereocenters. The number of esters is 1. The standard InChI is InChI=1S/C12H14BrNO6S/c1-14(6-5-11(15)16)21(18,19)10-4-3-8(7-9(10)13)12(17)20-2/h3-4,7H,5-6H2,1-2H3,(H,15,16). The smallest absolute Gasteiger partial charge is 0.337 e. The Morgan fingerprint density at radius 2 is 2.00 bits per heavy atom. The third-order valence-electron chi connectivity index (χ3n) is 2.68. The van der Waals surface area contributed by atoms with Crippen molar-refractivity contribution < 1.29 is 27.9 Å². The molecule has 0 fully saturated rings. The first-order chi connectivity index (χ1) is 9.70. The summed E-state index contributed by atoms with van der Waals surface area (Å²) in [5.74, 6) is -1.67. The first-order valence-electron chi connectivity index (χ1n) is 5.76. The van der Waals surface area contributed by atoms with Crippen LogP contribution < -0.4 is 0 Å². The lowest BCUT2D eigenvalue weighted by Gasteiger charge is -2.17. The summed E-state index contributed by atoms with van der Waals surface area (Å²) in [6.45, 7) is -0.150. The SMILES string of the molecule is COC(=O)c1ccc(S(=O)(=O)N(C)CCC(=O)O)c(Br)c1. The Labute approximate surface area is 130 Å². The summed E-state index contributed by atoms with van der Waals surface area (Å²) in [5, 5.41) is 8.60. The first kappa shape index (κ1) is 17.6. The predicted molar refractivity (Wildman–Crippen MR) is 77.6 cm³/mol. The fourth-order valence-corrected chi connectivity index (χ4v) is 3.70. The number of carboxylic acids is 1. The molecule has 0 radical (unpaired) electrons. The van der Waals surface area contributed by atoms with E-state index in [4.69, 9.17) is 5.11 Å². The molecule has 0 atom stereocenters. The zero-order valence-corrected chi connectivity index (χ0v) is 13.8. The average molecular weight is 380 g/mol. The van der Waals surface area contributed by atoms with E-state index >= 15 is 0 Å². The number of hydrogen-bond acceptors (Lipinski definition) is 5. The quantitative estimate of drug-likeness (QED) is 0.748. The van der Waals surface area contributed by atoms with Crippen LogP contribution in [-0.4, -0.2) is 50.5 Å². The van der Waals surface area contributed by atoms with Gasteiger partial charge in [-0.25, -0.2) is 17.5 Å². The van der Waals surface area contributed by atoms with Crippen molar-refractivity contribution >= 4 is 37.9 Å². The third-order valence-corrected chi connectivity index (χ3v) is 5.52. The minimum atomic E-state index is -3.84. The van der Waals surface area contributed by atoms with E-state index in [2.05, 4.69) is 20.7 Å². The molecule has 1 N–H and O–H groups in total. The lowest BCUT2D eigenvalue weighted by Crippen LogP contribution is -2.29. The molecule has 0 heterocycles. The van der Waals surface area contributed by atoms with E-state index in [0.717, 1.165) is 4.31 Å². The van der Waals surface area contributed by atoms with Gasteiger partial charge in [-0.3, -0.25) is 4.79 Å². The number of benzene rings is 1. The van der Waals surface area contributed by atoms with Gasteiger partial charge in [-0.05, 0) is 34.1 Å². The molecule has 21 heavy (non-hydrogen) atoms. The second-order valence-electron chi connectivity index (χ2n) is 4.11. The van der Waals surface area contributed by atoms with Crippen molar-refractivity contribution in [3.63, 3.8) is 0 Å². The second kappa shape index (κ2) is 7.01. The van der Waals surface area contributed by atoms with Crippen LogP contribution in [-0.2, 0) is 19.6 Å². The van der Waals surface area contributed by atoms with Crippen molar-refractivity contribution in [2.75, 3.05) is 20.7 Å².